The van der Waals surface area contributed by atoms with Crippen LogP contribution in [0, 0.1) is 18.2 Å². The molecule has 3 N–H and O–H groups in total. The number of aliphatic hydroxyl groups is 2. The molecule has 0 aliphatic carbocycles. The molecular weight excluding hydrogens is 730 g/mol. The zero-order valence-electron chi connectivity index (χ0n) is 24.2. The first kappa shape index (κ1) is 38.4. The number of hydrogen-bond donors (Lipinski definition) is 3. The van der Waals surface area contributed by atoms with Crippen molar-refractivity contribution < 1.29 is 59.1 Å². The summed E-state index contributed by atoms with van der Waals surface area (Å²) in [7, 11) is 0. The van der Waals surface area contributed by atoms with Gasteiger partial charge in [0, 0.05) is 31.9 Å². The quantitative estimate of drug-likeness (QED) is 0.101. The number of carboxylic acids is 1. The predicted octanol–water partition coefficient (Wildman–Crippen LogP) is 7.06. The zero-order chi connectivity index (χ0) is 30.2. The minimum Gasteiger partial charge on any atom is -0.521 e. The van der Waals surface area contributed by atoms with Crippen LogP contribution in [-0.4, -0.2) is 43.5 Å². The molecule has 0 saturated carbocycles. The van der Waals surface area contributed by atoms with Crippen LogP contribution < -0.4 is 0 Å². The second kappa shape index (κ2) is 21.1. The summed E-state index contributed by atoms with van der Waals surface area (Å²) < 4.78 is 0. The maximum Gasteiger partial charge on any atom is 2.00 e. The fourth-order valence-corrected chi connectivity index (χ4v) is 3.83. The summed E-state index contributed by atoms with van der Waals surface area (Å²) in [5.41, 5.74) is 3.25. The second-order valence-corrected chi connectivity index (χ2v) is 9.28. The molecule has 0 aliphatic heterocycles. The Kier molecular flexibility index (Phi) is 18.4. The van der Waals surface area contributed by atoms with Gasteiger partial charge >= 0.3 is 19.5 Å². The van der Waals surface area contributed by atoms with Gasteiger partial charge in [0.1, 0.15) is 0 Å². The van der Waals surface area contributed by atoms with Crippen molar-refractivity contribution >= 4 is 27.6 Å². The van der Waals surface area contributed by atoms with Crippen LogP contribution in [0.4, 0.5) is 0 Å². The number of rotatable bonds is 4. The monoisotopic (exact) mass is 763 g/mol. The largest absolute Gasteiger partial charge is 2.00 e. The van der Waals surface area contributed by atoms with Crippen molar-refractivity contribution in [3.05, 3.63) is 145 Å². The van der Waals surface area contributed by atoms with Crippen LogP contribution in [0.2, 0.25) is 0 Å². The summed E-state index contributed by atoms with van der Waals surface area (Å²) in [6, 6.07) is 43.3. The van der Waals surface area contributed by atoms with E-state index in [1.54, 1.807) is 38.2 Å². The Bertz CT molecular complexity index is 1540. The third-order valence-electron chi connectivity index (χ3n) is 5.68. The molecule has 0 amide bonds. The first-order valence-corrected chi connectivity index (χ1v) is 13.4. The van der Waals surface area contributed by atoms with Gasteiger partial charge in [-0.2, -0.15) is 0 Å². The van der Waals surface area contributed by atoms with Gasteiger partial charge < -0.3 is 30.1 Å². The predicted molar refractivity (Wildman–Crippen MR) is 167 cm³/mol. The molecule has 44 heavy (non-hydrogen) atoms. The van der Waals surface area contributed by atoms with Crippen molar-refractivity contribution in [3.63, 3.8) is 0 Å². The van der Waals surface area contributed by atoms with E-state index >= 15 is 0 Å². The molecule has 4 aromatic carbocycles. The van der Waals surface area contributed by atoms with E-state index < -0.39 is 5.97 Å². The van der Waals surface area contributed by atoms with Crippen LogP contribution >= 0.6 is 0 Å². The standard InChI is InChI=1S/C13H8N.C11H8N.C7H5O2.C5H12O2.2Rh/c1-2-6-12-10(4-1)7-8-11-5-3-9-14-13(11)12;1-2-6-10(7-3-1)11-8-4-5-9-12-11;8-7(9)6-4-2-1-3-5-6;1-4(6)3-5(2)7;;/h1-5,7-9H;1-6,8-9H;1-4H,(H,8,9);4-7H,3H2,1-2H3;;/q3*-1;;;+2. The summed E-state index contributed by atoms with van der Waals surface area (Å²) in [5, 5.41) is 28.9. The summed E-state index contributed by atoms with van der Waals surface area (Å²) >= 11 is 0. The van der Waals surface area contributed by atoms with Crippen LogP contribution in [0.3, 0.4) is 0 Å². The molecule has 6 rings (SSSR count). The minimum absolute atomic E-state index is 0. The van der Waals surface area contributed by atoms with Crippen LogP contribution in [0.5, 0.6) is 0 Å². The Morgan fingerprint density at radius 3 is 1.86 bits per heavy atom. The number of nitrogens with zero attached hydrogens (tertiary/aromatic N) is 2. The van der Waals surface area contributed by atoms with Gasteiger partial charge in [0.2, 0.25) is 5.97 Å². The SMILES string of the molecule is CC(O)CC(C)O.O=C(O)c1[c-]cccc1.[Rh+2].[Rh].[c-]1cccc2ccc3cccnc3c12.[c-]1ccccc1-c1ccccn1. The molecule has 2 unspecified atom stereocenters. The van der Waals surface area contributed by atoms with Crippen molar-refractivity contribution in [1.82, 2.24) is 9.97 Å². The Balaban J connectivity index is 0.000000299. The zero-order valence-corrected chi connectivity index (χ0v) is 27.5. The van der Waals surface area contributed by atoms with Crippen LogP contribution in [-0.2, 0) is 39.0 Å². The topological polar surface area (TPSA) is 104 Å². The van der Waals surface area contributed by atoms with Gasteiger partial charge in [-0.1, -0.05) is 35.9 Å². The van der Waals surface area contributed by atoms with E-state index in [0.29, 0.717) is 6.42 Å². The van der Waals surface area contributed by atoms with E-state index in [1.807, 2.05) is 66.9 Å². The molecule has 2 radical (unpaired) electrons. The third-order valence-corrected chi connectivity index (χ3v) is 5.68. The Labute approximate surface area is 284 Å². The van der Waals surface area contributed by atoms with E-state index in [-0.39, 0.29) is 56.7 Å². The van der Waals surface area contributed by atoms with E-state index in [0.717, 1.165) is 22.2 Å². The van der Waals surface area contributed by atoms with Crippen molar-refractivity contribution in [2.45, 2.75) is 32.5 Å². The van der Waals surface area contributed by atoms with Crippen molar-refractivity contribution in [2.75, 3.05) is 0 Å². The average Bonchev–Trinajstić information content (AvgIpc) is 3.02. The molecule has 0 aliphatic rings. The first-order valence-electron chi connectivity index (χ1n) is 13.4. The van der Waals surface area contributed by atoms with Gasteiger partial charge in [-0.15, -0.1) is 101 Å². The van der Waals surface area contributed by atoms with Gasteiger partial charge in [0.15, 0.2) is 0 Å². The third kappa shape index (κ3) is 13.3. The maximum absolute atomic E-state index is 10.2. The first-order chi connectivity index (χ1) is 20.3. The van der Waals surface area contributed by atoms with Gasteiger partial charge in [0.25, 0.3) is 0 Å². The molecule has 2 aromatic heterocycles. The molecular formula is C36H33N2O4Rh2-. The van der Waals surface area contributed by atoms with Crippen LogP contribution in [0.1, 0.15) is 30.6 Å². The Hall–Kier alpha value is -3.66. The number of fused-ring (bicyclic) bond motifs is 3. The maximum atomic E-state index is 10.2. The molecule has 2 atom stereocenters. The number of aromatic nitrogens is 2. The molecule has 0 saturated heterocycles. The fourth-order valence-electron chi connectivity index (χ4n) is 3.83. The molecule has 0 bridgehead atoms. The molecule has 6 nitrogen and oxygen atoms in total. The summed E-state index contributed by atoms with van der Waals surface area (Å²) in [4.78, 5) is 18.8. The minimum atomic E-state index is -0.935. The number of hydrogen-bond acceptors (Lipinski definition) is 5. The van der Waals surface area contributed by atoms with Crippen molar-refractivity contribution in [3.8, 4) is 11.3 Å². The smallest absolute Gasteiger partial charge is 0.521 e. The van der Waals surface area contributed by atoms with Crippen molar-refractivity contribution in [1.29, 1.82) is 0 Å². The Morgan fingerprint density at radius 2 is 1.32 bits per heavy atom. The fraction of sp³-hybridized carbons (Fsp3) is 0.139. The van der Waals surface area contributed by atoms with Gasteiger partial charge in [-0.25, -0.2) is 0 Å². The van der Waals surface area contributed by atoms with Gasteiger partial charge in [0.05, 0.1) is 12.2 Å². The van der Waals surface area contributed by atoms with E-state index in [9.17, 15) is 4.79 Å². The summed E-state index contributed by atoms with van der Waals surface area (Å²) in [6.07, 6.45) is 3.33. The van der Waals surface area contributed by atoms with Crippen LogP contribution in [0.25, 0.3) is 32.9 Å². The van der Waals surface area contributed by atoms with E-state index in [2.05, 4.69) is 52.4 Å². The molecule has 6 aromatic rings. The van der Waals surface area contributed by atoms with Gasteiger partial charge in [-0.05, 0) is 49.0 Å². The Morgan fingerprint density at radius 1 is 0.705 bits per heavy atom. The van der Waals surface area contributed by atoms with E-state index in [1.165, 1.54) is 16.8 Å². The summed E-state index contributed by atoms with van der Waals surface area (Å²) in [5.74, 6) is -0.935. The molecule has 2 heterocycles. The number of benzene rings is 4. The summed E-state index contributed by atoms with van der Waals surface area (Å²) in [6.45, 7) is 3.32. The number of aromatic carboxylic acids is 1. The number of carbonyl (C=O) groups is 1. The normalized spacial score (nSPS) is 10.9. The van der Waals surface area contributed by atoms with Crippen molar-refractivity contribution in [2.24, 2.45) is 0 Å². The van der Waals surface area contributed by atoms with Crippen LogP contribution in [0.15, 0.2) is 122 Å². The van der Waals surface area contributed by atoms with Gasteiger partial charge in [-0.3, -0.25) is 0 Å². The van der Waals surface area contributed by atoms with E-state index in [4.69, 9.17) is 15.3 Å². The average molecular weight is 763 g/mol. The number of carboxylic acid groups (broad SMARTS) is 1. The number of pyridine rings is 2. The second-order valence-electron chi connectivity index (χ2n) is 9.28. The molecule has 230 valence electrons. The molecule has 0 fully saturated rings. The molecule has 8 heteroatoms. The molecule has 0 spiro atoms. The number of aliphatic hydroxyl groups excluding tert-OH is 2.